The van der Waals surface area contributed by atoms with Gasteiger partial charge in [-0.05, 0) is 14.1 Å². The number of halogens is 1. The Morgan fingerprint density at radius 2 is 2.06 bits per heavy atom. The zero-order valence-corrected chi connectivity index (χ0v) is 11.0. The van der Waals surface area contributed by atoms with E-state index in [0.29, 0.717) is 5.02 Å². The van der Waals surface area contributed by atoms with Crippen LogP contribution in [-0.2, 0) is 0 Å². The van der Waals surface area contributed by atoms with Crippen LogP contribution in [0.3, 0.4) is 0 Å². The maximum atomic E-state index is 11.0. The number of rotatable bonds is 5. The zero-order chi connectivity index (χ0) is 13.0. The molecule has 5 nitrogen and oxygen atoms in total. The van der Waals surface area contributed by atoms with E-state index in [0.717, 1.165) is 18.9 Å². The number of anilines is 1. The molecule has 0 fully saturated rings. The topological polar surface area (TPSA) is 62.5 Å². The summed E-state index contributed by atoms with van der Waals surface area (Å²) in [7, 11) is 5.93. The van der Waals surface area contributed by atoms with Gasteiger partial charge in [-0.1, -0.05) is 11.6 Å². The van der Waals surface area contributed by atoms with E-state index in [9.17, 15) is 4.79 Å². The van der Waals surface area contributed by atoms with E-state index in [-0.39, 0.29) is 5.56 Å². The average molecular weight is 257 g/mol. The van der Waals surface area contributed by atoms with Gasteiger partial charge in [-0.25, -0.2) is 4.98 Å². The van der Waals surface area contributed by atoms with Crippen molar-refractivity contribution < 1.29 is 4.79 Å². The highest BCUT2D eigenvalue weighted by Crippen LogP contribution is 2.19. The Labute approximate surface area is 106 Å². The molecule has 0 spiro atoms. The van der Waals surface area contributed by atoms with Gasteiger partial charge < -0.3 is 15.5 Å². The summed E-state index contributed by atoms with van der Waals surface area (Å²) in [6, 6.07) is 1.65. The van der Waals surface area contributed by atoms with Gasteiger partial charge in [0.1, 0.15) is 5.82 Å². The molecular formula is C11H17ClN4O. The first-order valence-corrected chi connectivity index (χ1v) is 5.61. The number of carbonyl (C=O) groups is 1. The molecule has 1 aromatic heterocycles. The summed E-state index contributed by atoms with van der Waals surface area (Å²) in [4.78, 5) is 19.2. The van der Waals surface area contributed by atoms with Crippen molar-refractivity contribution in [1.29, 1.82) is 0 Å². The van der Waals surface area contributed by atoms with Gasteiger partial charge in [0.15, 0.2) is 0 Å². The first-order valence-electron chi connectivity index (χ1n) is 5.23. The Balaban J connectivity index is 2.79. The standard InChI is InChI=1S/C11H17ClN4O/c1-15(2)4-5-16(3)10-6-9(12)8(7-14-10)11(13)17/h6-7H,4-5H2,1-3H3,(H2,13,17). The molecular weight excluding hydrogens is 240 g/mol. The van der Waals surface area contributed by atoms with Crippen LogP contribution in [0.15, 0.2) is 12.3 Å². The lowest BCUT2D eigenvalue weighted by Gasteiger charge is -2.20. The van der Waals surface area contributed by atoms with Gasteiger partial charge in [0.05, 0.1) is 10.6 Å². The Morgan fingerprint density at radius 3 is 2.53 bits per heavy atom. The van der Waals surface area contributed by atoms with Crippen LogP contribution in [0.1, 0.15) is 10.4 Å². The van der Waals surface area contributed by atoms with Crippen LogP contribution in [0, 0.1) is 0 Å². The van der Waals surface area contributed by atoms with E-state index in [1.165, 1.54) is 6.20 Å². The summed E-state index contributed by atoms with van der Waals surface area (Å²) < 4.78 is 0. The van der Waals surface area contributed by atoms with Crippen molar-refractivity contribution in [3.05, 3.63) is 22.8 Å². The highest BCUT2D eigenvalue weighted by atomic mass is 35.5. The fraction of sp³-hybridized carbons (Fsp3) is 0.455. The number of nitrogens with zero attached hydrogens (tertiary/aromatic N) is 3. The molecule has 1 amide bonds. The molecule has 0 aliphatic heterocycles. The molecule has 94 valence electrons. The minimum atomic E-state index is -0.565. The Hall–Kier alpha value is -1.33. The average Bonchev–Trinajstić information content (AvgIpc) is 2.25. The van der Waals surface area contributed by atoms with Gasteiger partial charge in [-0.2, -0.15) is 0 Å². The van der Waals surface area contributed by atoms with E-state index in [4.69, 9.17) is 17.3 Å². The predicted octanol–water partition coefficient (Wildman–Crippen LogP) is 0.832. The van der Waals surface area contributed by atoms with E-state index in [2.05, 4.69) is 9.88 Å². The molecule has 0 bridgehead atoms. The molecule has 17 heavy (non-hydrogen) atoms. The summed E-state index contributed by atoms with van der Waals surface area (Å²) in [5, 5.41) is 0.333. The van der Waals surface area contributed by atoms with Crippen LogP contribution < -0.4 is 10.6 Å². The summed E-state index contributed by atoms with van der Waals surface area (Å²) in [6.07, 6.45) is 1.41. The van der Waals surface area contributed by atoms with E-state index in [1.54, 1.807) is 6.07 Å². The second-order valence-corrected chi connectivity index (χ2v) is 4.52. The van der Waals surface area contributed by atoms with Gasteiger partial charge in [-0.15, -0.1) is 0 Å². The smallest absolute Gasteiger partial charge is 0.251 e. The number of amides is 1. The lowest BCUT2D eigenvalue weighted by Crippen LogP contribution is -2.29. The second kappa shape index (κ2) is 5.84. The number of aromatic nitrogens is 1. The third kappa shape index (κ3) is 3.87. The first-order chi connectivity index (χ1) is 7.91. The van der Waals surface area contributed by atoms with Crippen LogP contribution in [0.4, 0.5) is 5.82 Å². The summed E-state index contributed by atoms with van der Waals surface area (Å²) in [5.74, 6) is 0.159. The fourth-order valence-corrected chi connectivity index (χ4v) is 1.51. The van der Waals surface area contributed by atoms with E-state index >= 15 is 0 Å². The number of hydrogen-bond donors (Lipinski definition) is 1. The lowest BCUT2D eigenvalue weighted by atomic mass is 10.2. The summed E-state index contributed by atoms with van der Waals surface area (Å²) >= 11 is 5.95. The molecule has 0 radical (unpaired) electrons. The molecule has 0 aliphatic carbocycles. The SMILES string of the molecule is CN(C)CCN(C)c1cc(Cl)c(C(N)=O)cn1. The van der Waals surface area contributed by atoms with Crippen molar-refractivity contribution in [3.63, 3.8) is 0 Å². The quantitative estimate of drug-likeness (QED) is 0.848. The summed E-state index contributed by atoms with van der Waals surface area (Å²) in [5.41, 5.74) is 5.40. The van der Waals surface area contributed by atoms with Gasteiger partial charge in [0.25, 0.3) is 5.91 Å². The fourth-order valence-electron chi connectivity index (χ4n) is 1.28. The molecule has 1 rings (SSSR count). The van der Waals surface area contributed by atoms with Crippen LogP contribution in [0.5, 0.6) is 0 Å². The van der Waals surface area contributed by atoms with Crippen LogP contribution >= 0.6 is 11.6 Å². The van der Waals surface area contributed by atoms with Crippen molar-refractivity contribution in [2.75, 3.05) is 39.1 Å². The van der Waals surface area contributed by atoms with Gasteiger partial charge in [0.2, 0.25) is 0 Å². The number of nitrogens with two attached hydrogens (primary N) is 1. The number of carbonyl (C=O) groups excluding carboxylic acids is 1. The van der Waals surface area contributed by atoms with Crippen molar-refractivity contribution in [1.82, 2.24) is 9.88 Å². The minimum Gasteiger partial charge on any atom is -0.366 e. The van der Waals surface area contributed by atoms with Crippen molar-refractivity contribution in [3.8, 4) is 0 Å². The molecule has 0 saturated heterocycles. The second-order valence-electron chi connectivity index (χ2n) is 4.11. The Bertz CT molecular complexity index is 408. The highest BCUT2D eigenvalue weighted by molar-refractivity contribution is 6.33. The number of hydrogen-bond acceptors (Lipinski definition) is 4. The van der Waals surface area contributed by atoms with Crippen LogP contribution in [-0.4, -0.2) is 50.0 Å². The maximum Gasteiger partial charge on any atom is 0.251 e. The minimum absolute atomic E-state index is 0.247. The molecule has 0 unspecified atom stereocenters. The Kier molecular flexibility index (Phi) is 4.72. The van der Waals surface area contributed by atoms with Gasteiger partial charge >= 0.3 is 0 Å². The third-order valence-electron chi connectivity index (χ3n) is 2.38. The zero-order valence-electron chi connectivity index (χ0n) is 10.3. The summed E-state index contributed by atoms with van der Waals surface area (Å²) in [6.45, 7) is 1.74. The van der Waals surface area contributed by atoms with Gasteiger partial charge in [-0.3, -0.25) is 4.79 Å². The molecule has 1 heterocycles. The largest absolute Gasteiger partial charge is 0.366 e. The molecule has 0 aliphatic rings. The normalized spacial score (nSPS) is 10.6. The lowest BCUT2D eigenvalue weighted by molar-refractivity contribution is 0.1000. The van der Waals surface area contributed by atoms with Crippen molar-refractivity contribution in [2.24, 2.45) is 5.73 Å². The Morgan fingerprint density at radius 1 is 1.41 bits per heavy atom. The van der Waals surface area contributed by atoms with Crippen molar-refractivity contribution >= 4 is 23.3 Å². The molecule has 0 saturated carbocycles. The third-order valence-corrected chi connectivity index (χ3v) is 2.69. The van der Waals surface area contributed by atoms with E-state index < -0.39 is 5.91 Å². The highest BCUT2D eigenvalue weighted by Gasteiger charge is 2.10. The molecule has 2 N–H and O–H groups in total. The molecule has 6 heteroatoms. The number of pyridine rings is 1. The maximum absolute atomic E-state index is 11.0. The van der Waals surface area contributed by atoms with Crippen LogP contribution in [0.2, 0.25) is 5.02 Å². The monoisotopic (exact) mass is 256 g/mol. The molecule has 0 atom stereocenters. The predicted molar refractivity (Wildman–Crippen MR) is 69.6 cm³/mol. The number of likely N-dealkylation sites (N-methyl/N-ethyl adjacent to an activating group) is 2. The van der Waals surface area contributed by atoms with Crippen molar-refractivity contribution in [2.45, 2.75) is 0 Å². The van der Waals surface area contributed by atoms with E-state index in [1.807, 2.05) is 26.0 Å². The first kappa shape index (κ1) is 13.7. The van der Waals surface area contributed by atoms with Crippen LogP contribution in [0.25, 0.3) is 0 Å². The molecule has 1 aromatic rings. The number of primary amides is 1. The van der Waals surface area contributed by atoms with Gasteiger partial charge in [0, 0.05) is 32.4 Å². The molecule has 0 aromatic carbocycles.